The molecule has 2 N–H and O–H groups in total. The highest BCUT2D eigenvalue weighted by molar-refractivity contribution is 6.30. The first kappa shape index (κ1) is 7.66. The first-order valence-corrected chi connectivity index (χ1v) is 3.38. The van der Waals surface area contributed by atoms with E-state index >= 15 is 0 Å². The van der Waals surface area contributed by atoms with Crippen LogP contribution in [-0.2, 0) is 0 Å². The molecule has 1 aromatic rings. The van der Waals surface area contributed by atoms with E-state index in [1.54, 1.807) is 24.3 Å². The zero-order valence-electron chi connectivity index (χ0n) is 5.09. The van der Waals surface area contributed by atoms with E-state index in [0.29, 0.717) is 10.7 Å². The van der Waals surface area contributed by atoms with Gasteiger partial charge in [0.15, 0.2) is 0 Å². The SMILES string of the molecule is NN(Cl)c1ccc(Cl)cc1. The van der Waals surface area contributed by atoms with Crippen LogP contribution in [0.3, 0.4) is 0 Å². The molecular weight excluding hydrogens is 171 g/mol. The van der Waals surface area contributed by atoms with Crippen molar-refractivity contribution in [3.05, 3.63) is 29.3 Å². The van der Waals surface area contributed by atoms with E-state index in [4.69, 9.17) is 29.2 Å². The fourth-order valence-corrected chi connectivity index (χ4v) is 0.822. The molecule has 0 spiro atoms. The molecular formula is C6H6Cl2N2. The summed E-state index contributed by atoms with van der Waals surface area (Å²) in [7, 11) is 0. The number of hydrogen-bond acceptors (Lipinski definition) is 2. The van der Waals surface area contributed by atoms with Crippen molar-refractivity contribution < 1.29 is 0 Å². The monoisotopic (exact) mass is 176 g/mol. The molecule has 0 aromatic heterocycles. The van der Waals surface area contributed by atoms with Crippen LogP contribution in [0, 0.1) is 0 Å². The van der Waals surface area contributed by atoms with Gasteiger partial charge in [-0.1, -0.05) is 11.6 Å². The maximum Gasteiger partial charge on any atom is 0.0704 e. The number of rotatable bonds is 1. The molecule has 0 fully saturated rings. The molecule has 0 heterocycles. The average molecular weight is 177 g/mol. The number of hydrogen-bond donors (Lipinski definition) is 1. The topological polar surface area (TPSA) is 29.3 Å². The normalized spacial score (nSPS) is 9.50. The third-order valence-electron chi connectivity index (χ3n) is 1.07. The van der Waals surface area contributed by atoms with Crippen molar-refractivity contribution in [1.82, 2.24) is 0 Å². The molecule has 0 aliphatic rings. The molecule has 1 aromatic carbocycles. The highest BCUT2D eigenvalue weighted by Crippen LogP contribution is 2.16. The quantitative estimate of drug-likeness (QED) is 0.404. The standard InChI is InChI=1S/C6H6Cl2N2/c7-5-1-3-6(4-2-5)10(8)9/h1-4H,9H2. The summed E-state index contributed by atoms with van der Waals surface area (Å²) in [6, 6.07) is 6.91. The van der Waals surface area contributed by atoms with Crippen LogP contribution in [-0.4, -0.2) is 0 Å². The fraction of sp³-hybridized carbons (Fsp3) is 0. The van der Waals surface area contributed by atoms with Crippen molar-refractivity contribution in [3.8, 4) is 0 Å². The van der Waals surface area contributed by atoms with Gasteiger partial charge in [0.2, 0.25) is 0 Å². The largest absolute Gasteiger partial charge is 0.232 e. The molecule has 0 radical (unpaired) electrons. The molecule has 0 saturated carbocycles. The number of anilines is 1. The number of benzene rings is 1. The van der Waals surface area contributed by atoms with E-state index in [0.717, 1.165) is 4.53 Å². The molecule has 0 atom stereocenters. The van der Waals surface area contributed by atoms with E-state index in [-0.39, 0.29) is 0 Å². The lowest BCUT2D eigenvalue weighted by Gasteiger charge is -2.06. The second kappa shape index (κ2) is 3.10. The smallest absolute Gasteiger partial charge is 0.0704 e. The van der Waals surface area contributed by atoms with Crippen LogP contribution in [0.2, 0.25) is 5.02 Å². The van der Waals surface area contributed by atoms with Crippen LogP contribution < -0.4 is 10.4 Å². The van der Waals surface area contributed by atoms with Gasteiger partial charge < -0.3 is 0 Å². The number of halogens is 2. The zero-order chi connectivity index (χ0) is 7.56. The van der Waals surface area contributed by atoms with Crippen molar-refractivity contribution in [2.45, 2.75) is 0 Å². The number of nitrogens with zero attached hydrogens (tertiary/aromatic N) is 1. The van der Waals surface area contributed by atoms with Gasteiger partial charge in [0, 0.05) is 16.8 Å². The van der Waals surface area contributed by atoms with Crippen molar-refractivity contribution in [1.29, 1.82) is 0 Å². The van der Waals surface area contributed by atoms with E-state index in [1.807, 2.05) is 0 Å². The zero-order valence-corrected chi connectivity index (χ0v) is 6.60. The highest BCUT2D eigenvalue weighted by Gasteiger charge is 1.94. The van der Waals surface area contributed by atoms with E-state index in [1.165, 1.54) is 0 Å². The van der Waals surface area contributed by atoms with Crippen molar-refractivity contribution in [3.63, 3.8) is 0 Å². The molecule has 0 saturated heterocycles. The maximum atomic E-state index is 5.61. The first-order chi connectivity index (χ1) is 4.70. The lowest BCUT2D eigenvalue weighted by molar-refractivity contribution is 1.19. The Labute approximate surface area is 69.2 Å². The van der Waals surface area contributed by atoms with Crippen LogP contribution >= 0.6 is 23.4 Å². The third-order valence-corrected chi connectivity index (χ3v) is 1.52. The molecule has 0 amide bonds. The molecule has 1 rings (SSSR count). The van der Waals surface area contributed by atoms with E-state index < -0.39 is 0 Å². The molecule has 2 nitrogen and oxygen atoms in total. The summed E-state index contributed by atoms with van der Waals surface area (Å²) in [6.45, 7) is 0. The Balaban J connectivity index is 2.89. The lowest BCUT2D eigenvalue weighted by Crippen LogP contribution is -2.17. The van der Waals surface area contributed by atoms with Crippen LogP contribution in [0.5, 0.6) is 0 Å². The van der Waals surface area contributed by atoms with Gasteiger partial charge >= 0.3 is 0 Å². The summed E-state index contributed by atoms with van der Waals surface area (Å²) >= 11 is 11.0. The molecule has 0 bridgehead atoms. The Bertz CT molecular complexity index is 207. The Morgan fingerprint density at radius 2 is 1.70 bits per heavy atom. The minimum atomic E-state index is 0.669. The summed E-state index contributed by atoms with van der Waals surface area (Å²) in [5, 5.41) is 0.669. The summed E-state index contributed by atoms with van der Waals surface area (Å²) in [5.41, 5.74) is 0.714. The van der Waals surface area contributed by atoms with Crippen molar-refractivity contribution in [2.75, 3.05) is 4.53 Å². The fourth-order valence-electron chi connectivity index (χ4n) is 0.584. The molecule has 0 aliphatic heterocycles. The molecule has 4 heteroatoms. The second-order valence-electron chi connectivity index (χ2n) is 1.79. The maximum absolute atomic E-state index is 5.61. The van der Waals surface area contributed by atoms with Gasteiger partial charge in [-0.3, -0.25) is 0 Å². The molecule has 54 valence electrons. The Kier molecular flexibility index (Phi) is 2.38. The molecule has 0 aliphatic carbocycles. The third kappa shape index (κ3) is 1.77. The molecule has 10 heavy (non-hydrogen) atoms. The Morgan fingerprint density at radius 3 is 2.10 bits per heavy atom. The van der Waals surface area contributed by atoms with Crippen LogP contribution in [0.25, 0.3) is 0 Å². The lowest BCUT2D eigenvalue weighted by atomic mass is 10.3. The van der Waals surface area contributed by atoms with Gasteiger partial charge in [0.05, 0.1) is 5.69 Å². The van der Waals surface area contributed by atoms with Gasteiger partial charge in [0.1, 0.15) is 0 Å². The highest BCUT2D eigenvalue weighted by atomic mass is 35.5. The number of hydrazine groups is 1. The second-order valence-corrected chi connectivity index (χ2v) is 2.59. The summed E-state index contributed by atoms with van der Waals surface area (Å²) in [5.74, 6) is 5.22. The van der Waals surface area contributed by atoms with Gasteiger partial charge in [-0.25, -0.2) is 10.4 Å². The Morgan fingerprint density at radius 1 is 1.20 bits per heavy atom. The van der Waals surface area contributed by atoms with Gasteiger partial charge in [0.25, 0.3) is 0 Å². The van der Waals surface area contributed by atoms with Gasteiger partial charge in [-0.15, -0.1) is 0 Å². The van der Waals surface area contributed by atoms with E-state index in [2.05, 4.69) is 0 Å². The van der Waals surface area contributed by atoms with Crippen LogP contribution in [0.4, 0.5) is 5.69 Å². The van der Waals surface area contributed by atoms with Crippen LogP contribution in [0.15, 0.2) is 24.3 Å². The minimum absolute atomic E-state index is 0.669. The number of nitrogens with two attached hydrogens (primary N) is 1. The predicted molar refractivity (Wildman–Crippen MR) is 44.0 cm³/mol. The van der Waals surface area contributed by atoms with Crippen molar-refractivity contribution in [2.24, 2.45) is 5.84 Å². The predicted octanol–water partition coefficient (Wildman–Crippen LogP) is 2.17. The minimum Gasteiger partial charge on any atom is -0.232 e. The summed E-state index contributed by atoms with van der Waals surface area (Å²) < 4.78 is 1.01. The van der Waals surface area contributed by atoms with Crippen LogP contribution in [0.1, 0.15) is 0 Å². The van der Waals surface area contributed by atoms with Gasteiger partial charge in [-0.2, -0.15) is 0 Å². The summed E-state index contributed by atoms with van der Waals surface area (Å²) in [4.78, 5) is 0. The van der Waals surface area contributed by atoms with Gasteiger partial charge in [-0.05, 0) is 24.3 Å². The summed E-state index contributed by atoms with van der Waals surface area (Å²) in [6.07, 6.45) is 0. The van der Waals surface area contributed by atoms with Crippen molar-refractivity contribution >= 4 is 29.1 Å². The first-order valence-electron chi connectivity index (χ1n) is 2.66. The Hall–Kier alpha value is -0.440. The molecule has 0 unspecified atom stereocenters. The average Bonchev–Trinajstić information content (AvgIpc) is 1.88. The van der Waals surface area contributed by atoms with E-state index in [9.17, 15) is 0 Å².